The molecule has 3 rings (SSSR count). The molecule has 3 aromatic carbocycles. The average molecular weight is 451 g/mol. The number of carbonyl (C=O) groups is 2. The van der Waals surface area contributed by atoms with Gasteiger partial charge in [0.25, 0.3) is 5.91 Å². The number of halogens is 1. The highest BCUT2D eigenvalue weighted by atomic mass is 35.5. The van der Waals surface area contributed by atoms with Crippen LogP contribution in [0.15, 0.2) is 77.9 Å². The number of nitrogens with one attached hydrogen (secondary N) is 1. The van der Waals surface area contributed by atoms with E-state index in [9.17, 15) is 9.59 Å². The first-order chi connectivity index (χ1) is 15.4. The zero-order valence-electron chi connectivity index (χ0n) is 17.7. The molecule has 0 radical (unpaired) electrons. The molecule has 0 fully saturated rings. The van der Waals surface area contributed by atoms with Gasteiger partial charge < -0.3 is 9.47 Å². The van der Waals surface area contributed by atoms with Gasteiger partial charge in [-0.05, 0) is 71.6 Å². The molecule has 7 heteroatoms. The summed E-state index contributed by atoms with van der Waals surface area (Å²) in [6.45, 7) is 4.09. The number of ether oxygens (including phenoxy) is 2. The lowest BCUT2D eigenvalue weighted by molar-refractivity contribution is -0.123. The predicted molar refractivity (Wildman–Crippen MR) is 125 cm³/mol. The Morgan fingerprint density at radius 2 is 1.69 bits per heavy atom. The van der Waals surface area contributed by atoms with Crippen molar-refractivity contribution in [1.82, 2.24) is 5.43 Å². The fraction of sp³-hybridized carbons (Fsp3) is 0.160. The maximum atomic E-state index is 12.1. The van der Waals surface area contributed by atoms with Crippen LogP contribution >= 0.6 is 11.6 Å². The molecular weight excluding hydrogens is 428 g/mol. The highest BCUT2D eigenvalue weighted by Crippen LogP contribution is 2.18. The van der Waals surface area contributed by atoms with E-state index in [1.807, 2.05) is 24.3 Å². The summed E-state index contributed by atoms with van der Waals surface area (Å²) in [6, 6.07) is 20.9. The molecule has 0 aliphatic carbocycles. The average Bonchev–Trinajstić information content (AvgIpc) is 2.79. The van der Waals surface area contributed by atoms with E-state index in [0.717, 1.165) is 5.56 Å². The van der Waals surface area contributed by atoms with Crippen LogP contribution in [-0.4, -0.2) is 24.7 Å². The van der Waals surface area contributed by atoms with Crippen LogP contribution in [0.1, 0.15) is 41.3 Å². The number of rotatable bonds is 8. The van der Waals surface area contributed by atoms with Crippen LogP contribution < -0.4 is 14.9 Å². The van der Waals surface area contributed by atoms with E-state index in [1.165, 1.54) is 17.8 Å². The first kappa shape index (κ1) is 23.0. The predicted octanol–water partition coefficient (Wildman–Crippen LogP) is 5.21. The molecule has 0 aromatic heterocycles. The first-order valence-electron chi connectivity index (χ1n) is 10.0. The second-order valence-electron chi connectivity index (χ2n) is 7.27. The summed E-state index contributed by atoms with van der Waals surface area (Å²) < 4.78 is 10.8. The second kappa shape index (κ2) is 11.1. The van der Waals surface area contributed by atoms with Gasteiger partial charge >= 0.3 is 5.97 Å². The summed E-state index contributed by atoms with van der Waals surface area (Å²) in [4.78, 5) is 24.0. The van der Waals surface area contributed by atoms with Gasteiger partial charge in [0.15, 0.2) is 6.61 Å². The number of esters is 1. The van der Waals surface area contributed by atoms with Crippen molar-refractivity contribution in [2.24, 2.45) is 5.10 Å². The molecule has 0 aliphatic rings. The number of hydrogen-bond donors (Lipinski definition) is 1. The van der Waals surface area contributed by atoms with Crippen molar-refractivity contribution in [1.29, 1.82) is 0 Å². The Morgan fingerprint density at radius 1 is 1.00 bits per heavy atom. The minimum atomic E-state index is -0.500. The van der Waals surface area contributed by atoms with Gasteiger partial charge in [-0.25, -0.2) is 10.2 Å². The minimum Gasteiger partial charge on any atom is -0.484 e. The SMILES string of the molecule is CC(C)c1ccc(OCC(=O)N/N=C\c2ccc(OC(=O)c3cccc(Cl)c3)cc2)cc1. The fourth-order valence-corrected chi connectivity index (χ4v) is 2.90. The summed E-state index contributed by atoms with van der Waals surface area (Å²) in [5, 5.41) is 4.37. The van der Waals surface area contributed by atoms with Gasteiger partial charge in [-0.2, -0.15) is 5.10 Å². The van der Waals surface area contributed by atoms with Gasteiger partial charge in [0.1, 0.15) is 11.5 Å². The maximum Gasteiger partial charge on any atom is 0.343 e. The molecule has 1 amide bonds. The minimum absolute atomic E-state index is 0.142. The van der Waals surface area contributed by atoms with Crippen molar-refractivity contribution in [2.45, 2.75) is 19.8 Å². The molecule has 1 N–H and O–H groups in total. The van der Waals surface area contributed by atoms with Crippen molar-refractivity contribution < 1.29 is 19.1 Å². The molecule has 3 aromatic rings. The van der Waals surface area contributed by atoms with Crippen molar-refractivity contribution in [3.63, 3.8) is 0 Å². The summed E-state index contributed by atoms with van der Waals surface area (Å²) in [6.07, 6.45) is 1.48. The molecular formula is C25H23ClN2O4. The molecule has 164 valence electrons. The number of carbonyl (C=O) groups excluding carboxylic acids is 2. The van der Waals surface area contributed by atoms with Crippen LogP contribution in [0.5, 0.6) is 11.5 Å². The van der Waals surface area contributed by atoms with Crippen LogP contribution in [0.2, 0.25) is 5.02 Å². The topological polar surface area (TPSA) is 77.0 Å². The van der Waals surface area contributed by atoms with E-state index in [0.29, 0.717) is 28.0 Å². The summed E-state index contributed by atoms with van der Waals surface area (Å²) in [7, 11) is 0. The second-order valence-corrected chi connectivity index (χ2v) is 7.71. The lowest BCUT2D eigenvalue weighted by atomic mass is 10.0. The Labute approximate surface area is 191 Å². The zero-order chi connectivity index (χ0) is 22.9. The van der Waals surface area contributed by atoms with Crippen LogP contribution in [-0.2, 0) is 4.79 Å². The van der Waals surface area contributed by atoms with Crippen LogP contribution in [0.4, 0.5) is 0 Å². The van der Waals surface area contributed by atoms with Crippen molar-refractivity contribution in [3.05, 3.63) is 94.5 Å². The Kier molecular flexibility index (Phi) is 8.00. The number of hydrogen-bond acceptors (Lipinski definition) is 5. The first-order valence-corrected chi connectivity index (χ1v) is 10.4. The molecule has 6 nitrogen and oxygen atoms in total. The number of benzene rings is 3. The van der Waals surface area contributed by atoms with Gasteiger partial charge in [-0.1, -0.05) is 43.6 Å². The Bertz CT molecular complexity index is 1090. The van der Waals surface area contributed by atoms with Crippen LogP contribution in [0, 0.1) is 0 Å². The molecule has 0 heterocycles. The molecule has 0 bridgehead atoms. The van der Waals surface area contributed by atoms with E-state index in [2.05, 4.69) is 24.4 Å². The molecule has 0 unspecified atom stereocenters. The zero-order valence-corrected chi connectivity index (χ0v) is 18.5. The van der Waals surface area contributed by atoms with Crippen molar-refractivity contribution in [3.8, 4) is 11.5 Å². The molecule has 0 saturated heterocycles. The molecule has 0 aliphatic heterocycles. The van der Waals surface area contributed by atoms with E-state index in [1.54, 1.807) is 42.5 Å². The summed E-state index contributed by atoms with van der Waals surface area (Å²) in [5.41, 5.74) is 4.70. The van der Waals surface area contributed by atoms with Gasteiger partial charge in [0, 0.05) is 5.02 Å². The van der Waals surface area contributed by atoms with E-state index in [-0.39, 0.29) is 12.5 Å². The van der Waals surface area contributed by atoms with Crippen LogP contribution in [0.3, 0.4) is 0 Å². The third-order valence-corrected chi connectivity index (χ3v) is 4.71. The molecule has 0 saturated carbocycles. The lowest BCUT2D eigenvalue weighted by Gasteiger charge is -2.08. The van der Waals surface area contributed by atoms with E-state index < -0.39 is 5.97 Å². The number of hydrazone groups is 1. The van der Waals surface area contributed by atoms with Gasteiger partial charge in [0.05, 0.1) is 11.8 Å². The lowest BCUT2D eigenvalue weighted by Crippen LogP contribution is -2.24. The van der Waals surface area contributed by atoms with Crippen molar-refractivity contribution in [2.75, 3.05) is 6.61 Å². The Morgan fingerprint density at radius 3 is 2.34 bits per heavy atom. The quantitative estimate of drug-likeness (QED) is 0.221. The standard InChI is InChI=1S/C25H23ClN2O4/c1-17(2)19-8-12-22(13-9-19)31-16-24(29)28-27-15-18-6-10-23(11-7-18)32-25(30)20-4-3-5-21(26)14-20/h3-15,17H,16H2,1-2H3,(H,28,29)/b27-15-. The van der Waals surface area contributed by atoms with Gasteiger partial charge in [-0.15, -0.1) is 0 Å². The molecule has 0 atom stereocenters. The maximum absolute atomic E-state index is 12.1. The van der Waals surface area contributed by atoms with Gasteiger partial charge in [0.2, 0.25) is 0 Å². The molecule has 32 heavy (non-hydrogen) atoms. The highest BCUT2D eigenvalue weighted by Gasteiger charge is 2.09. The summed E-state index contributed by atoms with van der Waals surface area (Å²) in [5.74, 6) is 0.566. The Balaban J connectivity index is 1.45. The van der Waals surface area contributed by atoms with Gasteiger partial charge in [-0.3, -0.25) is 4.79 Å². The Hall–Kier alpha value is -3.64. The third kappa shape index (κ3) is 6.96. The third-order valence-electron chi connectivity index (χ3n) is 4.47. The van der Waals surface area contributed by atoms with Crippen LogP contribution in [0.25, 0.3) is 0 Å². The smallest absolute Gasteiger partial charge is 0.343 e. The summed E-state index contributed by atoms with van der Waals surface area (Å²) >= 11 is 5.89. The normalized spacial score (nSPS) is 10.9. The number of amides is 1. The fourth-order valence-electron chi connectivity index (χ4n) is 2.71. The monoisotopic (exact) mass is 450 g/mol. The van der Waals surface area contributed by atoms with Crippen molar-refractivity contribution >= 4 is 29.7 Å². The highest BCUT2D eigenvalue weighted by molar-refractivity contribution is 6.30. The largest absolute Gasteiger partial charge is 0.484 e. The number of nitrogens with zero attached hydrogens (tertiary/aromatic N) is 1. The van der Waals surface area contributed by atoms with E-state index in [4.69, 9.17) is 21.1 Å². The molecule has 0 spiro atoms. The van der Waals surface area contributed by atoms with E-state index >= 15 is 0 Å².